The van der Waals surface area contributed by atoms with E-state index in [1.165, 1.54) is 11.0 Å². The van der Waals surface area contributed by atoms with Gasteiger partial charge in [-0.1, -0.05) is 0 Å². The summed E-state index contributed by atoms with van der Waals surface area (Å²) < 4.78 is 0. The van der Waals surface area contributed by atoms with Gasteiger partial charge in [0.05, 0.1) is 11.7 Å². The Morgan fingerprint density at radius 3 is 2.88 bits per heavy atom. The number of aliphatic hydroxyl groups is 1. The van der Waals surface area contributed by atoms with Gasteiger partial charge in [0.1, 0.15) is 5.00 Å². The van der Waals surface area contributed by atoms with E-state index in [0.29, 0.717) is 24.5 Å². The molecule has 1 atom stereocenters. The number of aliphatic hydroxyl groups excluding tert-OH is 1. The summed E-state index contributed by atoms with van der Waals surface area (Å²) in [6, 6.07) is 1.08. The number of nitrogens with one attached hydrogen (secondary N) is 1. The highest BCUT2D eigenvalue weighted by molar-refractivity contribution is 7.14. The number of hydrogen-bond acceptors (Lipinski definition) is 4. The summed E-state index contributed by atoms with van der Waals surface area (Å²) in [5, 5.41) is 22.7. The van der Waals surface area contributed by atoms with Crippen molar-refractivity contribution in [2.75, 3.05) is 18.4 Å². The molecule has 7 heteroatoms. The number of rotatable bonds is 2. The van der Waals surface area contributed by atoms with Crippen molar-refractivity contribution in [3.63, 3.8) is 0 Å². The van der Waals surface area contributed by atoms with Gasteiger partial charge in [0.15, 0.2) is 0 Å². The topological polar surface area (TPSA) is 89.9 Å². The van der Waals surface area contributed by atoms with Crippen LogP contribution in [0.25, 0.3) is 0 Å². The molecule has 1 unspecified atom stereocenters. The fraction of sp³-hybridized carbons (Fsp3) is 0.400. The Labute approximate surface area is 101 Å². The number of aromatic carboxylic acids is 1. The molecule has 0 radical (unpaired) electrons. The summed E-state index contributed by atoms with van der Waals surface area (Å²) in [5.41, 5.74) is 0.0862. The van der Waals surface area contributed by atoms with Crippen LogP contribution >= 0.6 is 11.3 Å². The zero-order chi connectivity index (χ0) is 12.4. The normalized spacial score (nSPS) is 19.4. The molecule has 1 aromatic rings. The van der Waals surface area contributed by atoms with Crippen LogP contribution < -0.4 is 5.32 Å². The summed E-state index contributed by atoms with van der Waals surface area (Å²) >= 11 is 1.16. The highest BCUT2D eigenvalue weighted by atomic mass is 32.1. The zero-order valence-corrected chi connectivity index (χ0v) is 9.74. The Bertz CT molecular complexity index is 445. The maximum Gasteiger partial charge on any atom is 0.338 e. The number of anilines is 1. The number of carboxylic acids is 1. The Hall–Kier alpha value is -1.60. The van der Waals surface area contributed by atoms with E-state index in [-0.39, 0.29) is 11.6 Å². The number of hydrogen-bond donors (Lipinski definition) is 3. The molecule has 1 aromatic heterocycles. The molecule has 0 saturated carbocycles. The molecule has 17 heavy (non-hydrogen) atoms. The van der Waals surface area contributed by atoms with E-state index >= 15 is 0 Å². The van der Waals surface area contributed by atoms with Gasteiger partial charge in [-0.05, 0) is 17.9 Å². The summed E-state index contributed by atoms with van der Waals surface area (Å²) in [5.74, 6) is -1.07. The lowest BCUT2D eigenvalue weighted by Gasteiger charge is -2.15. The molecule has 1 aliphatic rings. The number of carboxylic acid groups (broad SMARTS) is 1. The van der Waals surface area contributed by atoms with Crippen LogP contribution in [-0.2, 0) is 0 Å². The molecule has 2 amide bonds. The Balaban J connectivity index is 2.03. The third-order valence-corrected chi connectivity index (χ3v) is 3.40. The van der Waals surface area contributed by atoms with Gasteiger partial charge in [0.2, 0.25) is 0 Å². The lowest BCUT2D eigenvalue weighted by atomic mass is 10.3. The summed E-state index contributed by atoms with van der Waals surface area (Å²) in [6.07, 6.45) is 0.0759. The summed E-state index contributed by atoms with van der Waals surface area (Å²) in [7, 11) is 0. The Kier molecular flexibility index (Phi) is 3.30. The minimum absolute atomic E-state index is 0.0862. The first-order chi connectivity index (χ1) is 8.08. The summed E-state index contributed by atoms with van der Waals surface area (Å²) in [6.45, 7) is 0.778. The van der Waals surface area contributed by atoms with Crippen molar-refractivity contribution in [2.24, 2.45) is 0 Å². The summed E-state index contributed by atoms with van der Waals surface area (Å²) in [4.78, 5) is 24.1. The molecule has 0 bridgehead atoms. The second kappa shape index (κ2) is 4.72. The van der Waals surface area contributed by atoms with Crippen molar-refractivity contribution in [1.29, 1.82) is 0 Å². The molecule has 0 aromatic carbocycles. The van der Waals surface area contributed by atoms with E-state index in [1.807, 2.05) is 0 Å². The highest BCUT2D eigenvalue weighted by Crippen LogP contribution is 2.24. The van der Waals surface area contributed by atoms with Crippen LogP contribution in [0.5, 0.6) is 0 Å². The Morgan fingerprint density at radius 1 is 1.53 bits per heavy atom. The van der Waals surface area contributed by atoms with Gasteiger partial charge in [-0.3, -0.25) is 5.32 Å². The maximum atomic E-state index is 11.8. The van der Waals surface area contributed by atoms with Crippen molar-refractivity contribution >= 4 is 28.3 Å². The minimum Gasteiger partial charge on any atom is -0.478 e. The second-order valence-electron chi connectivity index (χ2n) is 3.79. The third kappa shape index (κ3) is 2.56. The van der Waals surface area contributed by atoms with Crippen molar-refractivity contribution in [2.45, 2.75) is 12.5 Å². The van der Waals surface area contributed by atoms with E-state index in [2.05, 4.69) is 5.32 Å². The predicted octanol–water partition coefficient (Wildman–Crippen LogP) is 1.04. The molecule has 6 nitrogen and oxygen atoms in total. The number of carbonyl (C=O) groups is 2. The van der Waals surface area contributed by atoms with Gasteiger partial charge in [-0.25, -0.2) is 9.59 Å². The molecule has 92 valence electrons. The van der Waals surface area contributed by atoms with E-state index < -0.39 is 12.1 Å². The molecule has 0 aliphatic carbocycles. The van der Waals surface area contributed by atoms with Crippen LogP contribution in [0.3, 0.4) is 0 Å². The van der Waals surface area contributed by atoms with Crippen LogP contribution in [0.15, 0.2) is 11.4 Å². The van der Waals surface area contributed by atoms with Gasteiger partial charge >= 0.3 is 12.0 Å². The number of likely N-dealkylation sites (tertiary alicyclic amines) is 1. The van der Waals surface area contributed by atoms with Gasteiger partial charge in [0, 0.05) is 13.1 Å². The first-order valence-corrected chi connectivity index (χ1v) is 6.00. The first kappa shape index (κ1) is 11.9. The molecule has 2 rings (SSSR count). The van der Waals surface area contributed by atoms with Crippen molar-refractivity contribution in [3.05, 3.63) is 17.0 Å². The van der Waals surface area contributed by atoms with Crippen LogP contribution in [0.4, 0.5) is 9.80 Å². The average Bonchev–Trinajstić information content (AvgIpc) is 2.86. The standard InChI is InChI=1S/C10H12N2O4S/c13-6-1-3-12(5-6)10(16)11-8-7(9(14)15)2-4-17-8/h2,4,6,13H,1,3,5H2,(H,11,16)(H,14,15). The van der Waals surface area contributed by atoms with Crippen LogP contribution in [-0.4, -0.2) is 46.3 Å². The fourth-order valence-corrected chi connectivity index (χ4v) is 2.45. The predicted molar refractivity (Wildman–Crippen MR) is 62.5 cm³/mol. The highest BCUT2D eigenvalue weighted by Gasteiger charge is 2.25. The van der Waals surface area contributed by atoms with Crippen molar-refractivity contribution < 1.29 is 19.8 Å². The third-order valence-electron chi connectivity index (χ3n) is 2.57. The van der Waals surface area contributed by atoms with Gasteiger partial charge in [-0.2, -0.15) is 0 Å². The van der Waals surface area contributed by atoms with Gasteiger partial charge in [0.25, 0.3) is 0 Å². The van der Waals surface area contributed by atoms with Crippen molar-refractivity contribution in [3.8, 4) is 0 Å². The van der Waals surface area contributed by atoms with E-state index in [4.69, 9.17) is 5.11 Å². The number of β-amino-alcohol motifs (C(OH)–C–C–N with tert-alkyl or cyclic N) is 1. The van der Waals surface area contributed by atoms with Crippen LogP contribution in [0.2, 0.25) is 0 Å². The monoisotopic (exact) mass is 256 g/mol. The van der Waals surface area contributed by atoms with Crippen LogP contribution in [0, 0.1) is 0 Å². The van der Waals surface area contributed by atoms with Gasteiger partial charge < -0.3 is 15.1 Å². The van der Waals surface area contributed by atoms with E-state index in [9.17, 15) is 14.7 Å². The number of urea groups is 1. The molecule has 3 N–H and O–H groups in total. The molecular formula is C10H12N2O4S. The molecule has 1 aliphatic heterocycles. The van der Waals surface area contributed by atoms with Crippen molar-refractivity contribution in [1.82, 2.24) is 4.90 Å². The van der Waals surface area contributed by atoms with Crippen LogP contribution in [0.1, 0.15) is 16.8 Å². The molecular weight excluding hydrogens is 244 g/mol. The Morgan fingerprint density at radius 2 is 2.29 bits per heavy atom. The largest absolute Gasteiger partial charge is 0.478 e. The fourth-order valence-electron chi connectivity index (χ4n) is 1.68. The molecule has 1 saturated heterocycles. The minimum atomic E-state index is -1.07. The molecule has 2 heterocycles. The second-order valence-corrected chi connectivity index (χ2v) is 4.70. The van der Waals surface area contributed by atoms with E-state index in [1.54, 1.807) is 5.38 Å². The average molecular weight is 256 g/mol. The van der Waals surface area contributed by atoms with E-state index in [0.717, 1.165) is 11.3 Å². The number of thiophene rings is 1. The zero-order valence-electron chi connectivity index (χ0n) is 8.92. The molecule has 1 fully saturated rings. The number of carbonyl (C=O) groups excluding carboxylic acids is 1. The lowest BCUT2D eigenvalue weighted by molar-refractivity contribution is 0.0698. The number of amides is 2. The number of nitrogens with zero attached hydrogens (tertiary/aromatic N) is 1. The SMILES string of the molecule is O=C(O)c1ccsc1NC(=O)N1CCC(O)C1. The quantitative estimate of drug-likeness (QED) is 0.737. The first-order valence-electron chi connectivity index (χ1n) is 5.12. The smallest absolute Gasteiger partial charge is 0.338 e. The maximum absolute atomic E-state index is 11.8. The molecule has 0 spiro atoms. The van der Waals surface area contributed by atoms with Gasteiger partial charge in [-0.15, -0.1) is 11.3 Å². The lowest BCUT2D eigenvalue weighted by Crippen LogP contribution is -2.33.